The average molecular weight is 214 g/mol. The van der Waals surface area contributed by atoms with E-state index in [-0.39, 0.29) is 6.10 Å². The zero-order valence-electron chi connectivity index (χ0n) is 10.6. The van der Waals surface area contributed by atoms with Gasteiger partial charge in [-0.3, -0.25) is 4.90 Å². The Morgan fingerprint density at radius 3 is 2.67 bits per heavy atom. The van der Waals surface area contributed by atoms with Crippen molar-refractivity contribution in [1.82, 2.24) is 9.80 Å². The summed E-state index contributed by atoms with van der Waals surface area (Å²) in [5, 5.41) is 9.84. The lowest BCUT2D eigenvalue weighted by Gasteiger charge is -2.37. The molecule has 2 unspecified atom stereocenters. The largest absolute Gasteiger partial charge is 0.392 e. The van der Waals surface area contributed by atoms with Crippen molar-refractivity contribution < 1.29 is 5.11 Å². The van der Waals surface area contributed by atoms with Crippen molar-refractivity contribution in [2.45, 2.75) is 38.8 Å². The van der Waals surface area contributed by atoms with Crippen molar-refractivity contribution >= 4 is 0 Å². The molecule has 0 aliphatic carbocycles. The van der Waals surface area contributed by atoms with Gasteiger partial charge in [-0.05, 0) is 39.4 Å². The van der Waals surface area contributed by atoms with Gasteiger partial charge in [-0.1, -0.05) is 13.8 Å². The highest BCUT2D eigenvalue weighted by atomic mass is 16.3. The molecule has 15 heavy (non-hydrogen) atoms. The second kappa shape index (κ2) is 5.83. The van der Waals surface area contributed by atoms with E-state index < -0.39 is 0 Å². The van der Waals surface area contributed by atoms with Gasteiger partial charge in [0.25, 0.3) is 0 Å². The molecule has 0 bridgehead atoms. The number of hydrogen-bond donors (Lipinski definition) is 1. The van der Waals surface area contributed by atoms with Crippen LogP contribution in [0.2, 0.25) is 0 Å². The molecule has 1 saturated heterocycles. The monoisotopic (exact) mass is 214 g/mol. The summed E-state index contributed by atoms with van der Waals surface area (Å²) in [5.74, 6) is 0.355. The summed E-state index contributed by atoms with van der Waals surface area (Å²) in [5.41, 5.74) is 0. The molecule has 0 aromatic rings. The van der Waals surface area contributed by atoms with Crippen molar-refractivity contribution in [3.63, 3.8) is 0 Å². The van der Waals surface area contributed by atoms with Crippen molar-refractivity contribution in [2.24, 2.45) is 5.92 Å². The number of aliphatic hydroxyl groups is 1. The zero-order valence-corrected chi connectivity index (χ0v) is 10.6. The fourth-order valence-corrected chi connectivity index (χ4v) is 2.15. The molecule has 0 aromatic heterocycles. The van der Waals surface area contributed by atoms with Crippen LogP contribution in [0, 0.1) is 5.92 Å². The third-order valence-electron chi connectivity index (χ3n) is 3.47. The second-order valence-electron chi connectivity index (χ2n) is 5.31. The lowest BCUT2D eigenvalue weighted by molar-refractivity contribution is 0.0510. The molecule has 1 aliphatic heterocycles. The Kier molecular flexibility index (Phi) is 5.03. The van der Waals surface area contributed by atoms with Gasteiger partial charge in [0.15, 0.2) is 0 Å². The number of piperidine rings is 1. The lowest BCUT2D eigenvalue weighted by atomic mass is 10.0. The van der Waals surface area contributed by atoms with E-state index in [9.17, 15) is 5.11 Å². The van der Waals surface area contributed by atoms with Gasteiger partial charge in [-0.2, -0.15) is 0 Å². The van der Waals surface area contributed by atoms with E-state index in [2.05, 4.69) is 37.7 Å². The molecule has 0 amide bonds. The van der Waals surface area contributed by atoms with Crippen LogP contribution in [0.5, 0.6) is 0 Å². The molecule has 0 spiro atoms. The summed E-state index contributed by atoms with van der Waals surface area (Å²) in [7, 11) is 4.31. The first-order chi connectivity index (χ1) is 7.00. The number of likely N-dealkylation sites (N-methyl/N-ethyl adjacent to an activating group) is 2. The van der Waals surface area contributed by atoms with Crippen LogP contribution in [0.1, 0.15) is 26.7 Å². The van der Waals surface area contributed by atoms with Crippen LogP contribution in [0.15, 0.2) is 0 Å². The molecular weight excluding hydrogens is 188 g/mol. The first-order valence-corrected chi connectivity index (χ1v) is 6.07. The van der Waals surface area contributed by atoms with E-state index in [0.29, 0.717) is 12.0 Å². The smallest absolute Gasteiger partial charge is 0.0689 e. The molecule has 1 rings (SSSR count). The van der Waals surface area contributed by atoms with Crippen LogP contribution < -0.4 is 0 Å². The van der Waals surface area contributed by atoms with Crippen molar-refractivity contribution in [3.05, 3.63) is 0 Å². The Labute approximate surface area is 94.1 Å². The molecular formula is C12H26N2O. The van der Waals surface area contributed by atoms with E-state index in [1.165, 1.54) is 19.4 Å². The molecule has 0 aromatic carbocycles. The highest BCUT2D eigenvalue weighted by Gasteiger charge is 2.23. The third kappa shape index (κ3) is 4.09. The Balaban J connectivity index is 2.35. The maximum absolute atomic E-state index is 9.84. The summed E-state index contributed by atoms with van der Waals surface area (Å²) in [4.78, 5) is 4.70. The Morgan fingerprint density at radius 1 is 1.47 bits per heavy atom. The first kappa shape index (κ1) is 12.9. The van der Waals surface area contributed by atoms with E-state index in [0.717, 1.165) is 13.1 Å². The average Bonchev–Trinajstić information content (AvgIpc) is 2.17. The maximum Gasteiger partial charge on any atom is 0.0689 e. The van der Waals surface area contributed by atoms with Gasteiger partial charge >= 0.3 is 0 Å². The fourth-order valence-electron chi connectivity index (χ4n) is 2.15. The molecule has 1 N–H and O–H groups in total. The second-order valence-corrected chi connectivity index (χ2v) is 5.31. The zero-order chi connectivity index (χ0) is 11.4. The standard InChI is InChI=1S/C12H26N2O/c1-10(2)12(15)9-14(4)11-6-5-7-13(3)8-11/h10-12,15H,5-9H2,1-4H3. The number of rotatable bonds is 4. The van der Waals surface area contributed by atoms with Gasteiger partial charge in [0.05, 0.1) is 6.10 Å². The highest BCUT2D eigenvalue weighted by Crippen LogP contribution is 2.14. The summed E-state index contributed by atoms with van der Waals surface area (Å²) in [6.45, 7) is 7.31. The van der Waals surface area contributed by atoms with Crippen LogP contribution in [-0.2, 0) is 0 Å². The van der Waals surface area contributed by atoms with Gasteiger partial charge in [-0.15, -0.1) is 0 Å². The van der Waals surface area contributed by atoms with E-state index in [1.807, 2.05) is 0 Å². The van der Waals surface area contributed by atoms with Gasteiger partial charge in [0.2, 0.25) is 0 Å². The van der Waals surface area contributed by atoms with E-state index in [4.69, 9.17) is 0 Å². The maximum atomic E-state index is 9.84. The van der Waals surface area contributed by atoms with Crippen molar-refractivity contribution in [3.8, 4) is 0 Å². The molecule has 0 radical (unpaired) electrons. The molecule has 3 heteroatoms. The predicted octanol–water partition coefficient (Wildman–Crippen LogP) is 1.03. The molecule has 1 heterocycles. The van der Waals surface area contributed by atoms with Crippen LogP contribution in [0.3, 0.4) is 0 Å². The van der Waals surface area contributed by atoms with E-state index >= 15 is 0 Å². The van der Waals surface area contributed by atoms with Crippen LogP contribution in [-0.4, -0.2) is 60.8 Å². The van der Waals surface area contributed by atoms with Crippen molar-refractivity contribution in [2.75, 3.05) is 33.7 Å². The quantitative estimate of drug-likeness (QED) is 0.757. The minimum absolute atomic E-state index is 0.192. The summed E-state index contributed by atoms with van der Waals surface area (Å²) < 4.78 is 0. The van der Waals surface area contributed by atoms with Gasteiger partial charge in [0, 0.05) is 19.1 Å². The van der Waals surface area contributed by atoms with Crippen LogP contribution >= 0.6 is 0 Å². The minimum Gasteiger partial charge on any atom is -0.392 e. The molecule has 0 saturated carbocycles. The Hall–Kier alpha value is -0.120. The summed E-state index contributed by atoms with van der Waals surface area (Å²) in [6, 6.07) is 0.622. The Bertz CT molecular complexity index is 184. The predicted molar refractivity (Wildman–Crippen MR) is 64.0 cm³/mol. The highest BCUT2D eigenvalue weighted by molar-refractivity contribution is 4.79. The van der Waals surface area contributed by atoms with Gasteiger partial charge in [0.1, 0.15) is 0 Å². The van der Waals surface area contributed by atoms with Gasteiger partial charge < -0.3 is 10.0 Å². The summed E-state index contributed by atoms with van der Waals surface area (Å²) in [6.07, 6.45) is 2.36. The molecule has 1 fully saturated rings. The number of aliphatic hydroxyl groups excluding tert-OH is 1. The third-order valence-corrected chi connectivity index (χ3v) is 3.47. The summed E-state index contributed by atoms with van der Waals surface area (Å²) >= 11 is 0. The van der Waals surface area contributed by atoms with Crippen LogP contribution in [0.4, 0.5) is 0 Å². The van der Waals surface area contributed by atoms with Gasteiger partial charge in [-0.25, -0.2) is 0 Å². The topological polar surface area (TPSA) is 26.7 Å². The van der Waals surface area contributed by atoms with Crippen molar-refractivity contribution in [1.29, 1.82) is 0 Å². The fraction of sp³-hybridized carbons (Fsp3) is 1.00. The number of hydrogen-bond acceptors (Lipinski definition) is 3. The molecule has 2 atom stereocenters. The minimum atomic E-state index is -0.192. The molecule has 3 nitrogen and oxygen atoms in total. The molecule has 1 aliphatic rings. The normalized spacial score (nSPS) is 26.2. The first-order valence-electron chi connectivity index (χ1n) is 6.07. The SMILES string of the molecule is CC(C)C(O)CN(C)C1CCCN(C)C1. The Morgan fingerprint density at radius 2 is 2.13 bits per heavy atom. The lowest BCUT2D eigenvalue weighted by Crippen LogP contribution is -2.47. The van der Waals surface area contributed by atoms with E-state index in [1.54, 1.807) is 0 Å². The number of nitrogens with zero attached hydrogens (tertiary/aromatic N) is 2. The molecule has 90 valence electrons. The number of likely N-dealkylation sites (tertiary alicyclic amines) is 1. The van der Waals surface area contributed by atoms with Crippen LogP contribution in [0.25, 0.3) is 0 Å².